The fourth-order valence-corrected chi connectivity index (χ4v) is 1.33. The Bertz CT molecular complexity index is 320. The van der Waals surface area contributed by atoms with Crippen LogP contribution in [0, 0.1) is 0 Å². The molecule has 6 heteroatoms. The number of hydrogen-bond acceptors (Lipinski definition) is 3. The predicted molar refractivity (Wildman–Crippen MR) is 58.4 cm³/mol. The zero-order chi connectivity index (χ0) is 10.6. The molecular weight excluding hydrogens is 246 g/mol. The topological polar surface area (TPSA) is 48.1 Å². The minimum Gasteiger partial charge on any atom is -0.477 e. The molecule has 0 atom stereocenters. The second kappa shape index (κ2) is 5.61. The Morgan fingerprint density at radius 1 is 1.29 bits per heavy atom. The van der Waals surface area contributed by atoms with Gasteiger partial charge in [0.2, 0.25) is 5.88 Å². The van der Waals surface area contributed by atoms with Gasteiger partial charge in [-0.3, -0.25) is 0 Å². The molecule has 0 unspecified atom stereocenters. The van der Waals surface area contributed by atoms with Crippen LogP contribution in [0.15, 0.2) is 6.07 Å². The van der Waals surface area contributed by atoms with Crippen LogP contribution in [0.4, 0.5) is 0 Å². The van der Waals surface area contributed by atoms with E-state index in [4.69, 9.17) is 45.3 Å². The number of pyridine rings is 1. The van der Waals surface area contributed by atoms with Crippen molar-refractivity contribution in [3.63, 3.8) is 0 Å². The summed E-state index contributed by atoms with van der Waals surface area (Å²) in [5.74, 6) is 0.287. The summed E-state index contributed by atoms with van der Waals surface area (Å²) in [6.07, 6.45) is 0.734. The van der Waals surface area contributed by atoms with Crippen molar-refractivity contribution in [1.82, 2.24) is 4.98 Å². The standard InChI is InChI=1S/C8H9Cl3N2O/c9-5-4-6(10)8(13-7(5)11)14-3-1-2-12/h4H,1-3,12H2. The van der Waals surface area contributed by atoms with Crippen LogP contribution >= 0.6 is 34.8 Å². The highest BCUT2D eigenvalue weighted by molar-refractivity contribution is 6.42. The van der Waals surface area contributed by atoms with Gasteiger partial charge in [0, 0.05) is 0 Å². The average Bonchev–Trinajstić information content (AvgIpc) is 2.14. The van der Waals surface area contributed by atoms with Gasteiger partial charge in [-0.15, -0.1) is 0 Å². The molecule has 1 rings (SSSR count). The van der Waals surface area contributed by atoms with Gasteiger partial charge in [0.15, 0.2) is 5.15 Å². The van der Waals surface area contributed by atoms with Crippen molar-refractivity contribution in [2.45, 2.75) is 6.42 Å². The lowest BCUT2D eigenvalue weighted by atomic mass is 10.4. The van der Waals surface area contributed by atoms with Gasteiger partial charge < -0.3 is 10.5 Å². The molecule has 0 fully saturated rings. The second-order valence-electron chi connectivity index (χ2n) is 2.54. The molecule has 0 aliphatic heterocycles. The summed E-state index contributed by atoms with van der Waals surface area (Å²) >= 11 is 17.2. The number of hydrogen-bond donors (Lipinski definition) is 1. The third kappa shape index (κ3) is 3.17. The summed E-state index contributed by atoms with van der Waals surface area (Å²) in [7, 11) is 0. The molecule has 0 spiro atoms. The molecule has 1 heterocycles. The quantitative estimate of drug-likeness (QED) is 0.665. The van der Waals surface area contributed by atoms with Gasteiger partial charge in [0.05, 0.1) is 11.6 Å². The highest BCUT2D eigenvalue weighted by Gasteiger charge is 2.08. The Labute approximate surface area is 97.1 Å². The van der Waals surface area contributed by atoms with Gasteiger partial charge in [-0.05, 0) is 19.0 Å². The van der Waals surface area contributed by atoms with E-state index in [1.807, 2.05) is 0 Å². The molecule has 0 saturated heterocycles. The largest absolute Gasteiger partial charge is 0.477 e. The van der Waals surface area contributed by atoms with Crippen molar-refractivity contribution in [2.75, 3.05) is 13.2 Å². The molecule has 0 aliphatic rings. The number of nitrogens with two attached hydrogens (primary N) is 1. The van der Waals surface area contributed by atoms with Crippen LogP contribution in [0.2, 0.25) is 15.2 Å². The summed E-state index contributed by atoms with van der Waals surface area (Å²) in [6.45, 7) is 1.01. The summed E-state index contributed by atoms with van der Waals surface area (Å²) in [4.78, 5) is 3.88. The third-order valence-electron chi connectivity index (χ3n) is 1.44. The normalized spacial score (nSPS) is 10.3. The number of ether oxygens (including phenoxy) is 1. The molecular formula is C8H9Cl3N2O. The fraction of sp³-hybridized carbons (Fsp3) is 0.375. The first-order chi connectivity index (χ1) is 6.65. The first kappa shape index (κ1) is 11.9. The van der Waals surface area contributed by atoms with E-state index in [1.165, 1.54) is 6.07 Å². The zero-order valence-electron chi connectivity index (χ0n) is 7.27. The first-order valence-electron chi connectivity index (χ1n) is 3.99. The van der Waals surface area contributed by atoms with Crippen LogP contribution in [0.25, 0.3) is 0 Å². The van der Waals surface area contributed by atoms with Crippen LogP contribution < -0.4 is 10.5 Å². The molecule has 0 bridgehead atoms. The van der Waals surface area contributed by atoms with Crippen molar-refractivity contribution in [1.29, 1.82) is 0 Å². The van der Waals surface area contributed by atoms with Gasteiger partial charge in [0.25, 0.3) is 0 Å². The van der Waals surface area contributed by atoms with Gasteiger partial charge >= 0.3 is 0 Å². The van der Waals surface area contributed by atoms with Crippen LogP contribution in [0.5, 0.6) is 5.88 Å². The van der Waals surface area contributed by atoms with E-state index in [0.29, 0.717) is 23.2 Å². The maximum atomic E-state index is 5.82. The molecule has 0 aliphatic carbocycles. The molecule has 0 amide bonds. The maximum Gasteiger partial charge on any atom is 0.234 e. The summed E-state index contributed by atoms with van der Waals surface area (Å²) < 4.78 is 5.25. The Morgan fingerprint density at radius 2 is 2.00 bits per heavy atom. The Hall–Kier alpha value is -0.220. The fourth-order valence-electron chi connectivity index (χ4n) is 0.782. The maximum absolute atomic E-state index is 5.82. The van der Waals surface area contributed by atoms with E-state index < -0.39 is 0 Å². The molecule has 78 valence electrons. The molecule has 1 aromatic heterocycles. The molecule has 14 heavy (non-hydrogen) atoms. The van der Waals surface area contributed by atoms with Crippen molar-refractivity contribution in [3.8, 4) is 5.88 Å². The van der Waals surface area contributed by atoms with E-state index in [2.05, 4.69) is 4.98 Å². The second-order valence-corrected chi connectivity index (χ2v) is 3.71. The highest BCUT2D eigenvalue weighted by atomic mass is 35.5. The smallest absolute Gasteiger partial charge is 0.234 e. The predicted octanol–water partition coefficient (Wildman–Crippen LogP) is 2.77. The van der Waals surface area contributed by atoms with E-state index in [9.17, 15) is 0 Å². The van der Waals surface area contributed by atoms with E-state index in [1.54, 1.807) is 0 Å². The molecule has 0 saturated carbocycles. The SMILES string of the molecule is NCCCOc1nc(Cl)c(Cl)cc1Cl. The highest BCUT2D eigenvalue weighted by Crippen LogP contribution is 2.30. The number of rotatable bonds is 4. The molecule has 0 aromatic carbocycles. The number of nitrogens with zero attached hydrogens (tertiary/aromatic N) is 1. The first-order valence-corrected chi connectivity index (χ1v) is 5.13. The Kier molecular flexibility index (Phi) is 4.75. The van der Waals surface area contributed by atoms with Gasteiger partial charge in [-0.1, -0.05) is 34.8 Å². The number of halogens is 3. The molecule has 1 aromatic rings. The molecule has 0 radical (unpaired) electrons. The Balaban J connectivity index is 2.72. The lowest BCUT2D eigenvalue weighted by Gasteiger charge is -2.06. The van der Waals surface area contributed by atoms with Gasteiger partial charge in [0.1, 0.15) is 5.02 Å². The lowest BCUT2D eigenvalue weighted by Crippen LogP contribution is -2.07. The lowest BCUT2D eigenvalue weighted by molar-refractivity contribution is 0.302. The summed E-state index contributed by atoms with van der Waals surface area (Å²) in [5, 5.41) is 0.832. The van der Waals surface area contributed by atoms with Crippen molar-refractivity contribution >= 4 is 34.8 Å². The van der Waals surface area contributed by atoms with Crippen molar-refractivity contribution in [2.24, 2.45) is 5.73 Å². The average molecular weight is 256 g/mol. The minimum atomic E-state index is 0.179. The van der Waals surface area contributed by atoms with Gasteiger partial charge in [-0.2, -0.15) is 4.98 Å². The van der Waals surface area contributed by atoms with E-state index in [0.717, 1.165) is 6.42 Å². The molecule has 3 nitrogen and oxygen atoms in total. The van der Waals surface area contributed by atoms with E-state index >= 15 is 0 Å². The number of aromatic nitrogens is 1. The van der Waals surface area contributed by atoms with Crippen LogP contribution in [0.3, 0.4) is 0 Å². The van der Waals surface area contributed by atoms with Crippen molar-refractivity contribution in [3.05, 3.63) is 21.3 Å². The third-order valence-corrected chi connectivity index (χ3v) is 2.39. The monoisotopic (exact) mass is 254 g/mol. The zero-order valence-corrected chi connectivity index (χ0v) is 9.53. The van der Waals surface area contributed by atoms with Crippen LogP contribution in [0.1, 0.15) is 6.42 Å². The van der Waals surface area contributed by atoms with Crippen LogP contribution in [-0.2, 0) is 0 Å². The summed E-state index contributed by atoms with van der Waals surface area (Å²) in [5.41, 5.74) is 5.30. The van der Waals surface area contributed by atoms with Crippen molar-refractivity contribution < 1.29 is 4.74 Å². The Morgan fingerprint density at radius 3 is 2.64 bits per heavy atom. The van der Waals surface area contributed by atoms with Crippen LogP contribution in [-0.4, -0.2) is 18.1 Å². The molecule has 2 N–H and O–H groups in total. The summed E-state index contributed by atoms with van der Waals surface area (Å²) in [6, 6.07) is 1.50. The minimum absolute atomic E-state index is 0.179. The van der Waals surface area contributed by atoms with Gasteiger partial charge in [-0.25, -0.2) is 0 Å². The van der Waals surface area contributed by atoms with E-state index in [-0.39, 0.29) is 11.0 Å².